The zero-order valence-electron chi connectivity index (χ0n) is 18.1. The molecule has 168 valence electrons. The van der Waals surface area contributed by atoms with Crippen molar-refractivity contribution in [2.75, 3.05) is 13.7 Å². The van der Waals surface area contributed by atoms with Gasteiger partial charge in [-0.3, -0.25) is 9.59 Å². The van der Waals surface area contributed by atoms with E-state index in [1.54, 1.807) is 24.2 Å². The molecule has 4 rings (SSSR count). The Balaban J connectivity index is 1.50. The van der Waals surface area contributed by atoms with E-state index in [0.29, 0.717) is 22.9 Å². The van der Waals surface area contributed by atoms with Crippen LogP contribution < -0.4 is 10.1 Å². The van der Waals surface area contributed by atoms with Crippen LogP contribution in [-0.4, -0.2) is 42.5 Å². The number of carbonyl (C=O) groups is 2. The van der Waals surface area contributed by atoms with Crippen LogP contribution in [0.3, 0.4) is 0 Å². The number of para-hydroxylation sites is 1. The molecule has 1 saturated carbocycles. The van der Waals surface area contributed by atoms with Crippen molar-refractivity contribution in [2.24, 2.45) is 0 Å². The summed E-state index contributed by atoms with van der Waals surface area (Å²) in [7, 11) is 1.60. The predicted octanol–water partition coefficient (Wildman–Crippen LogP) is 4.18. The lowest BCUT2D eigenvalue weighted by Gasteiger charge is -2.44. The first-order valence-corrected chi connectivity index (χ1v) is 11.3. The number of nitrogens with one attached hydrogen (secondary N) is 1. The van der Waals surface area contributed by atoms with Gasteiger partial charge < -0.3 is 19.7 Å². The summed E-state index contributed by atoms with van der Waals surface area (Å²) < 4.78 is 11.4. The molecule has 0 spiro atoms. The highest BCUT2D eigenvalue weighted by Crippen LogP contribution is 2.33. The van der Waals surface area contributed by atoms with E-state index in [4.69, 9.17) is 21.1 Å². The Hall–Kier alpha value is -2.99. The Morgan fingerprint density at radius 2 is 1.94 bits per heavy atom. The minimum Gasteiger partial charge on any atom is -0.496 e. The summed E-state index contributed by atoms with van der Waals surface area (Å²) in [4.78, 5) is 27.8. The number of fused-ring (bicyclic) bond motifs is 1. The molecule has 2 aliphatic rings. The van der Waals surface area contributed by atoms with Crippen molar-refractivity contribution in [1.82, 2.24) is 10.2 Å². The van der Waals surface area contributed by atoms with Gasteiger partial charge in [0.15, 0.2) is 5.76 Å². The highest BCUT2D eigenvalue weighted by Gasteiger charge is 2.42. The smallest absolute Gasteiger partial charge is 0.289 e. The lowest BCUT2D eigenvalue weighted by molar-refractivity contribution is -0.151. The van der Waals surface area contributed by atoms with Crippen molar-refractivity contribution in [1.29, 1.82) is 0 Å². The van der Waals surface area contributed by atoms with Crippen LogP contribution in [0.1, 0.15) is 36.8 Å². The molecule has 2 aromatic carbocycles. The Morgan fingerprint density at radius 3 is 2.75 bits per heavy atom. The first kappa shape index (κ1) is 22.2. The van der Waals surface area contributed by atoms with Crippen LogP contribution in [-0.2, 0) is 20.9 Å². The number of hydrogen-bond donors (Lipinski definition) is 1. The maximum Gasteiger partial charge on any atom is 0.289 e. The zero-order chi connectivity index (χ0) is 22.5. The molecule has 2 unspecified atom stereocenters. The molecule has 1 aliphatic heterocycles. The second kappa shape index (κ2) is 10.1. The second-order valence-electron chi connectivity index (χ2n) is 8.06. The molecule has 2 aromatic rings. The number of ether oxygens (including phenoxy) is 2. The Kier molecular flexibility index (Phi) is 7.00. The quantitative estimate of drug-likeness (QED) is 0.665. The monoisotopic (exact) mass is 454 g/mol. The Labute approximate surface area is 193 Å². The summed E-state index contributed by atoms with van der Waals surface area (Å²) in [5.41, 5.74) is 1.60. The molecule has 2 atom stereocenters. The molecule has 7 heteroatoms. The summed E-state index contributed by atoms with van der Waals surface area (Å²) in [6, 6.07) is 14.7. The van der Waals surface area contributed by atoms with E-state index in [-0.39, 0.29) is 36.3 Å². The fraction of sp³-hybridized carbons (Fsp3) is 0.360. The van der Waals surface area contributed by atoms with Gasteiger partial charge in [0.05, 0.1) is 13.2 Å². The number of morpholine rings is 1. The number of carbonyl (C=O) groups excluding carboxylic acids is 2. The maximum absolute atomic E-state index is 13.3. The van der Waals surface area contributed by atoms with Gasteiger partial charge in [-0.25, -0.2) is 0 Å². The molecule has 1 N–H and O–H groups in total. The summed E-state index contributed by atoms with van der Waals surface area (Å²) in [5, 5.41) is 3.46. The topological polar surface area (TPSA) is 67.9 Å². The van der Waals surface area contributed by atoms with Crippen molar-refractivity contribution < 1.29 is 19.1 Å². The normalized spacial score (nSPS) is 21.6. The zero-order valence-corrected chi connectivity index (χ0v) is 18.8. The van der Waals surface area contributed by atoms with Crippen molar-refractivity contribution >= 4 is 29.5 Å². The molecule has 0 bridgehead atoms. The first-order valence-electron chi connectivity index (χ1n) is 10.9. The van der Waals surface area contributed by atoms with Gasteiger partial charge in [-0.05, 0) is 43.0 Å². The number of amides is 2. The van der Waals surface area contributed by atoms with E-state index in [9.17, 15) is 9.59 Å². The van der Waals surface area contributed by atoms with Crippen molar-refractivity contribution in [3.63, 3.8) is 0 Å². The van der Waals surface area contributed by atoms with Crippen LogP contribution in [0.2, 0.25) is 5.02 Å². The Bertz CT molecular complexity index is 1020. The van der Waals surface area contributed by atoms with Crippen LogP contribution in [0.15, 0.2) is 54.3 Å². The minimum atomic E-state index is -0.277. The molecule has 1 heterocycles. The number of hydrogen-bond acceptors (Lipinski definition) is 4. The SMILES string of the molecule is COc1ccccc1CNC(=O)CN1C(=O)/C(=C\c2ccccc2Cl)OC2CCCCC21. The van der Waals surface area contributed by atoms with Crippen LogP contribution >= 0.6 is 11.6 Å². The van der Waals surface area contributed by atoms with Crippen molar-refractivity contribution in [3.8, 4) is 5.75 Å². The van der Waals surface area contributed by atoms with Crippen molar-refractivity contribution in [2.45, 2.75) is 44.4 Å². The Morgan fingerprint density at radius 1 is 1.19 bits per heavy atom. The minimum absolute atomic E-state index is 0.0155. The molecular weight excluding hydrogens is 428 g/mol. The third-order valence-corrected chi connectivity index (χ3v) is 6.34. The van der Waals surface area contributed by atoms with E-state index >= 15 is 0 Å². The average Bonchev–Trinajstić information content (AvgIpc) is 2.82. The fourth-order valence-electron chi connectivity index (χ4n) is 4.35. The molecule has 2 amide bonds. The summed E-state index contributed by atoms with van der Waals surface area (Å²) in [6.45, 7) is 0.316. The van der Waals surface area contributed by atoms with Gasteiger partial charge in [-0.2, -0.15) is 0 Å². The summed E-state index contributed by atoms with van der Waals surface area (Å²) >= 11 is 6.27. The lowest BCUT2D eigenvalue weighted by Crippen LogP contribution is -2.57. The molecule has 2 fully saturated rings. The number of benzene rings is 2. The fourth-order valence-corrected chi connectivity index (χ4v) is 4.54. The van der Waals surface area contributed by atoms with Gasteiger partial charge in [0.25, 0.3) is 5.91 Å². The first-order chi connectivity index (χ1) is 15.6. The summed E-state index contributed by atoms with van der Waals surface area (Å²) in [6.07, 6.45) is 5.31. The van der Waals surface area contributed by atoms with Gasteiger partial charge in [-0.15, -0.1) is 0 Å². The van der Waals surface area contributed by atoms with Gasteiger partial charge >= 0.3 is 0 Å². The number of rotatable bonds is 6. The van der Waals surface area contributed by atoms with E-state index in [1.807, 2.05) is 42.5 Å². The van der Waals surface area contributed by atoms with Crippen LogP contribution in [0.4, 0.5) is 0 Å². The molecule has 6 nitrogen and oxygen atoms in total. The number of halogens is 1. The predicted molar refractivity (Wildman–Crippen MR) is 123 cm³/mol. The highest BCUT2D eigenvalue weighted by molar-refractivity contribution is 6.32. The highest BCUT2D eigenvalue weighted by atomic mass is 35.5. The molecule has 1 saturated heterocycles. The largest absolute Gasteiger partial charge is 0.496 e. The van der Waals surface area contributed by atoms with Crippen LogP contribution in [0.25, 0.3) is 6.08 Å². The van der Waals surface area contributed by atoms with Gasteiger partial charge in [0.1, 0.15) is 18.4 Å². The lowest BCUT2D eigenvalue weighted by atomic mass is 9.89. The van der Waals surface area contributed by atoms with Gasteiger partial charge in [0, 0.05) is 17.1 Å². The molecule has 1 aliphatic carbocycles. The van der Waals surface area contributed by atoms with E-state index in [1.165, 1.54) is 0 Å². The standard InChI is InChI=1S/C25H27ClN2O4/c1-31-21-12-6-3-9-18(21)15-27-24(29)16-28-20-11-5-7-13-22(20)32-23(25(28)30)14-17-8-2-4-10-19(17)26/h2-4,6,8-10,12,14,20,22H,5,7,11,13,15-16H2,1H3,(H,27,29)/b23-14+. The van der Waals surface area contributed by atoms with E-state index in [2.05, 4.69) is 5.32 Å². The van der Waals surface area contributed by atoms with Gasteiger partial charge in [0.2, 0.25) is 5.91 Å². The third kappa shape index (κ3) is 4.91. The second-order valence-corrected chi connectivity index (χ2v) is 8.47. The molecule has 0 radical (unpaired) electrons. The number of methoxy groups -OCH3 is 1. The van der Waals surface area contributed by atoms with Crippen molar-refractivity contribution in [3.05, 3.63) is 70.4 Å². The molecule has 32 heavy (non-hydrogen) atoms. The van der Waals surface area contributed by atoms with E-state index < -0.39 is 0 Å². The maximum atomic E-state index is 13.3. The van der Waals surface area contributed by atoms with Crippen LogP contribution in [0, 0.1) is 0 Å². The molecule has 0 aromatic heterocycles. The summed E-state index contributed by atoms with van der Waals surface area (Å²) in [5.74, 6) is 0.458. The van der Waals surface area contributed by atoms with Crippen LogP contribution in [0.5, 0.6) is 5.75 Å². The number of nitrogens with zero attached hydrogens (tertiary/aromatic N) is 1. The van der Waals surface area contributed by atoms with E-state index in [0.717, 1.165) is 31.2 Å². The molecular formula is C25H27ClN2O4. The average molecular weight is 455 g/mol. The van der Waals surface area contributed by atoms with Gasteiger partial charge in [-0.1, -0.05) is 54.4 Å². The third-order valence-electron chi connectivity index (χ3n) is 5.99.